The molecule has 3 aromatic rings. The SMILES string of the molecule is Cc1cccc(NS(=O)(=O)c2ccc(-c3cc(Cl)cc(Cl)c3)c(C)c2)n1. The van der Waals surface area contributed by atoms with Gasteiger partial charge in [0.2, 0.25) is 0 Å². The van der Waals surface area contributed by atoms with E-state index in [-0.39, 0.29) is 10.7 Å². The third-order valence-electron chi connectivity index (χ3n) is 3.81. The molecule has 7 heteroatoms. The number of nitrogens with one attached hydrogen (secondary N) is 1. The Bertz CT molecular complexity index is 1060. The molecule has 0 amide bonds. The second-order valence-electron chi connectivity index (χ2n) is 5.90. The molecule has 0 fully saturated rings. The number of sulfonamides is 1. The minimum atomic E-state index is -3.73. The van der Waals surface area contributed by atoms with Crippen LogP contribution in [0, 0.1) is 13.8 Å². The number of rotatable bonds is 4. The first-order valence-corrected chi connectivity index (χ1v) is 10.0. The van der Waals surface area contributed by atoms with Gasteiger partial charge in [-0.15, -0.1) is 0 Å². The maximum Gasteiger partial charge on any atom is 0.263 e. The molecule has 0 atom stereocenters. The van der Waals surface area contributed by atoms with Crippen LogP contribution in [0.15, 0.2) is 59.5 Å². The highest BCUT2D eigenvalue weighted by atomic mass is 35.5. The largest absolute Gasteiger partial charge is 0.263 e. The van der Waals surface area contributed by atoms with E-state index in [4.69, 9.17) is 23.2 Å². The van der Waals surface area contributed by atoms with Gasteiger partial charge in [-0.25, -0.2) is 13.4 Å². The van der Waals surface area contributed by atoms with Crippen LogP contribution in [0.5, 0.6) is 0 Å². The van der Waals surface area contributed by atoms with Gasteiger partial charge in [0.15, 0.2) is 0 Å². The number of pyridine rings is 1. The molecule has 134 valence electrons. The summed E-state index contributed by atoms with van der Waals surface area (Å²) in [5.41, 5.74) is 3.22. The van der Waals surface area contributed by atoms with Gasteiger partial charge in [0.05, 0.1) is 4.90 Å². The number of anilines is 1. The van der Waals surface area contributed by atoms with Crippen molar-refractivity contribution < 1.29 is 8.42 Å². The van der Waals surface area contributed by atoms with E-state index in [2.05, 4.69) is 9.71 Å². The van der Waals surface area contributed by atoms with Gasteiger partial charge in [-0.3, -0.25) is 4.72 Å². The molecule has 4 nitrogen and oxygen atoms in total. The summed E-state index contributed by atoms with van der Waals surface area (Å²) >= 11 is 12.1. The average Bonchev–Trinajstić information content (AvgIpc) is 2.53. The molecule has 0 bridgehead atoms. The molecule has 0 aliphatic carbocycles. The number of halogens is 2. The van der Waals surface area contributed by atoms with E-state index in [1.807, 2.05) is 6.92 Å². The molecule has 0 aliphatic heterocycles. The molecule has 0 spiro atoms. The molecule has 1 N–H and O–H groups in total. The van der Waals surface area contributed by atoms with Gasteiger partial charge in [-0.1, -0.05) is 35.3 Å². The summed E-state index contributed by atoms with van der Waals surface area (Å²) in [5, 5.41) is 1.05. The van der Waals surface area contributed by atoms with Gasteiger partial charge in [0.25, 0.3) is 10.0 Å². The van der Waals surface area contributed by atoms with Crippen molar-refractivity contribution >= 4 is 39.0 Å². The molecule has 0 unspecified atom stereocenters. The summed E-state index contributed by atoms with van der Waals surface area (Å²) in [6, 6.07) is 15.3. The molecule has 0 saturated carbocycles. The fraction of sp³-hybridized carbons (Fsp3) is 0.105. The molecular weight excluding hydrogens is 391 g/mol. The van der Waals surface area contributed by atoms with Crippen LogP contribution >= 0.6 is 23.2 Å². The van der Waals surface area contributed by atoms with Gasteiger partial charge >= 0.3 is 0 Å². The van der Waals surface area contributed by atoms with Crippen molar-refractivity contribution in [1.82, 2.24) is 4.98 Å². The Morgan fingerprint density at radius 1 is 0.923 bits per heavy atom. The van der Waals surface area contributed by atoms with Crippen molar-refractivity contribution in [1.29, 1.82) is 0 Å². The maximum atomic E-state index is 12.6. The summed E-state index contributed by atoms with van der Waals surface area (Å²) in [6.45, 7) is 3.64. The number of hydrogen-bond acceptors (Lipinski definition) is 3. The van der Waals surface area contributed by atoms with E-state index in [9.17, 15) is 8.42 Å². The van der Waals surface area contributed by atoms with Crippen LogP contribution in [0.3, 0.4) is 0 Å². The Hall–Kier alpha value is -2.08. The normalized spacial score (nSPS) is 11.4. The minimum absolute atomic E-state index is 0.162. The van der Waals surface area contributed by atoms with Gasteiger partial charge in [0.1, 0.15) is 5.82 Å². The molecule has 0 radical (unpaired) electrons. The average molecular weight is 407 g/mol. The van der Waals surface area contributed by atoms with Gasteiger partial charge in [-0.05, 0) is 73.0 Å². The van der Waals surface area contributed by atoms with E-state index >= 15 is 0 Å². The molecule has 3 rings (SSSR count). The second-order valence-corrected chi connectivity index (χ2v) is 8.46. The molecule has 1 aromatic heterocycles. The van der Waals surface area contributed by atoms with Crippen LogP contribution < -0.4 is 4.72 Å². The highest BCUT2D eigenvalue weighted by Crippen LogP contribution is 2.31. The van der Waals surface area contributed by atoms with E-state index in [0.717, 1.165) is 22.4 Å². The predicted molar refractivity (Wildman–Crippen MR) is 106 cm³/mol. The number of benzene rings is 2. The second kappa shape index (κ2) is 7.27. The monoisotopic (exact) mass is 406 g/mol. The van der Waals surface area contributed by atoms with Gasteiger partial charge in [-0.2, -0.15) is 0 Å². The first-order chi connectivity index (χ1) is 12.2. The fourth-order valence-electron chi connectivity index (χ4n) is 2.63. The third-order valence-corrected chi connectivity index (χ3v) is 5.60. The molecule has 1 heterocycles. The van der Waals surface area contributed by atoms with Crippen LogP contribution in [-0.4, -0.2) is 13.4 Å². The number of hydrogen-bond donors (Lipinski definition) is 1. The molecule has 2 aromatic carbocycles. The summed E-state index contributed by atoms with van der Waals surface area (Å²) in [5.74, 6) is 0.286. The zero-order chi connectivity index (χ0) is 18.9. The minimum Gasteiger partial charge on any atom is -0.263 e. The standard InChI is InChI=1S/C19H16Cl2N2O2S/c1-12-8-17(26(24,25)23-19-5-3-4-13(2)22-19)6-7-18(12)14-9-15(20)11-16(21)10-14/h3-11H,1-2H3,(H,22,23). The van der Waals surface area contributed by atoms with Crippen molar-refractivity contribution in [2.75, 3.05) is 4.72 Å². The molecule has 0 saturated heterocycles. The van der Waals surface area contributed by atoms with Crippen LogP contribution in [0.4, 0.5) is 5.82 Å². The number of nitrogens with zero attached hydrogens (tertiary/aromatic N) is 1. The topological polar surface area (TPSA) is 59.1 Å². The highest BCUT2D eigenvalue weighted by Gasteiger charge is 2.16. The Labute approximate surface area is 162 Å². The molecule has 26 heavy (non-hydrogen) atoms. The Kier molecular flexibility index (Phi) is 5.23. The Morgan fingerprint density at radius 3 is 2.23 bits per heavy atom. The fourth-order valence-corrected chi connectivity index (χ4v) is 4.25. The van der Waals surface area contributed by atoms with Crippen molar-refractivity contribution in [3.05, 3.63) is 75.9 Å². The quantitative estimate of drug-likeness (QED) is 0.624. The summed E-state index contributed by atoms with van der Waals surface area (Å²) in [6.07, 6.45) is 0. The predicted octanol–water partition coefficient (Wildman–Crippen LogP) is 5.47. The Morgan fingerprint density at radius 2 is 1.62 bits per heavy atom. The van der Waals surface area contributed by atoms with Crippen molar-refractivity contribution in [3.63, 3.8) is 0 Å². The first-order valence-electron chi connectivity index (χ1n) is 7.78. The van der Waals surface area contributed by atoms with E-state index in [1.54, 1.807) is 61.5 Å². The highest BCUT2D eigenvalue weighted by molar-refractivity contribution is 7.92. The summed E-state index contributed by atoms with van der Waals surface area (Å²) in [7, 11) is -3.73. The lowest BCUT2D eigenvalue weighted by molar-refractivity contribution is 0.601. The lowest BCUT2D eigenvalue weighted by Crippen LogP contribution is -2.14. The van der Waals surface area contributed by atoms with Gasteiger partial charge in [0, 0.05) is 15.7 Å². The van der Waals surface area contributed by atoms with E-state index in [1.165, 1.54) is 0 Å². The van der Waals surface area contributed by atoms with E-state index < -0.39 is 10.0 Å². The molecule has 0 aliphatic rings. The van der Waals surface area contributed by atoms with Crippen LogP contribution in [0.1, 0.15) is 11.3 Å². The number of aromatic nitrogens is 1. The van der Waals surface area contributed by atoms with Crippen LogP contribution in [0.25, 0.3) is 11.1 Å². The van der Waals surface area contributed by atoms with Gasteiger partial charge < -0.3 is 0 Å². The van der Waals surface area contributed by atoms with Crippen LogP contribution in [-0.2, 0) is 10.0 Å². The van der Waals surface area contributed by atoms with E-state index in [0.29, 0.717) is 10.0 Å². The third kappa shape index (κ3) is 4.18. The zero-order valence-corrected chi connectivity index (χ0v) is 16.5. The Balaban J connectivity index is 1.96. The van der Waals surface area contributed by atoms with Crippen molar-refractivity contribution in [2.24, 2.45) is 0 Å². The molecular formula is C19H16Cl2N2O2S. The summed E-state index contributed by atoms with van der Waals surface area (Å²) in [4.78, 5) is 4.33. The maximum absolute atomic E-state index is 12.6. The number of aryl methyl sites for hydroxylation is 2. The van der Waals surface area contributed by atoms with Crippen molar-refractivity contribution in [3.8, 4) is 11.1 Å². The smallest absolute Gasteiger partial charge is 0.263 e. The lowest BCUT2D eigenvalue weighted by atomic mass is 10.0. The first kappa shape index (κ1) is 18.7. The summed E-state index contributed by atoms with van der Waals surface area (Å²) < 4.78 is 27.8. The zero-order valence-electron chi connectivity index (χ0n) is 14.1. The van der Waals surface area contributed by atoms with Crippen LogP contribution in [0.2, 0.25) is 10.0 Å². The lowest BCUT2D eigenvalue weighted by Gasteiger charge is -2.12. The van der Waals surface area contributed by atoms with Crippen molar-refractivity contribution in [2.45, 2.75) is 18.7 Å².